The van der Waals surface area contributed by atoms with Gasteiger partial charge in [-0.3, -0.25) is 4.57 Å². The lowest BCUT2D eigenvalue weighted by molar-refractivity contribution is 0.366. The molecule has 0 fully saturated rings. The van der Waals surface area contributed by atoms with Crippen molar-refractivity contribution in [1.82, 2.24) is 0 Å². The number of hydrogen-bond acceptors (Lipinski definition) is 1. The first-order valence-electron chi connectivity index (χ1n) is 3.73. The fraction of sp³-hybridized carbons (Fsp3) is 1.00. The highest BCUT2D eigenvalue weighted by atomic mass is 35.5. The van der Waals surface area contributed by atoms with Gasteiger partial charge < -0.3 is 9.79 Å². The fourth-order valence-corrected chi connectivity index (χ4v) is 1.61. The van der Waals surface area contributed by atoms with E-state index in [9.17, 15) is 4.57 Å². The van der Waals surface area contributed by atoms with Crippen molar-refractivity contribution in [2.24, 2.45) is 0 Å². The molecule has 0 aromatic rings. The van der Waals surface area contributed by atoms with Gasteiger partial charge in [0, 0.05) is 5.88 Å². The van der Waals surface area contributed by atoms with E-state index >= 15 is 0 Å². The van der Waals surface area contributed by atoms with E-state index in [0.29, 0.717) is 18.7 Å². The van der Waals surface area contributed by atoms with Crippen LogP contribution >= 0.6 is 30.8 Å². The van der Waals surface area contributed by atoms with Gasteiger partial charge in [-0.15, -0.1) is 23.2 Å². The zero-order valence-corrected chi connectivity index (χ0v) is 9.02. The van der Waals surface area contributed by atoms with Gasteiger partial charge in [0.1, 0.15) is 5.12 Å². The van der Waals surface area contributed by atoms with E-state index in [-0.39, 0.29) is 0 Å². The SMILES string of the molecule is O=P(O)(O)C(Cl)CCCCCCl. The minimum atomic E-state index is -4.07. The summed E-state index contributed by atoms with van der Waals surface area (Å²) in [6, 6.07) is 0. The third kappa shape index (κ3) is 6.27. The Morgan fingerprint density at radius 3 is 2.25 bits per heavy atom. The third-order valence-corrected chi connectivity index (χ3v) is 3.68. The van der Waals surface area contributed by atoms with E-state index in [4.69, 9.17) is 33.0 Å². The Kier molecular flexibility index (Phi) is 6.60. The molecule has 12 heavy (non-hydrogen) atoms. The molecule has 2 N–H and O–H groups in total. The summed E-state index contributed by atoms with van der Waals surface area (Å²) < 4.78 is 10.5. The fourth-order valence-electron chi connectivity index (χ4n) is 0.752. The molecule has 0 rings (SSSR count). The van der Waals surface area contributed by atoms with E-state index in [1.807, 2.05) is 0 Å². The molecule has 0 heterocycles. The minimum absolute atomic E-state index is 0.350. The van der Waals surface area contributed by atoms with E-state index < -0.39 is 12.7 Å². The van der Waals surface area contributed by atoms with Crippen molar-refractivity contribution >= 4 is 30.8 Å². The Bertz CT molecular complexity index is 159. The van der Waals surface area contributed by atoms with Crippen molar-refractivity contribution in [1.29, 1.82) is 0 Å². The van der Waals surface area contributed by atoms with Crippen molar-refractivity contribution in [3.05, 3.63) is 0 Å². The first-order valence-corrected chi connectivity index (χ1v) is 6.39. The number of unbranched alkanes of at least 4 members (excludes halogenated alkanes) is 2. The second-order valence-corrected chi connectivity index (χ2v) is 5.57. The zero-order valence-electron chi connectivity index (χ0n) is 6.62. The van der Waals surface area contributed by atoms with Crippen molar-refractivity contribution in [2.45, 2.75) is 30.8 Å². The Morgan fingerprint density at radius 1 is 1.25 bits per heavy atom. The molecule has 0 saturated carbocycles. The minimum Gasteiger partial charge on any atom is -0.323 e. The molecular weight excluding hydrogens is 222 g/mol. The maximum atomic E-state index is 10.5. The van der Waals surface area contributed by atoms with Gasteiger partial charge in [-0.05, 0) is 12.8 Å². The summed E-state index contributed by atoms with van der Waals surface area (Å²) in [4.78, 5) is 17.2. The lowest BCUT2D eigenvalue weighted by Gasteiger charge is -2.10. The van der Waals surface area contributed by atoms with Crippen LogP contribution in [0.25, 0.3) is 0 Å². The van der Waals surface area contributed by atoms with Crippen LogP contribution in [0.2, 0.25) is 0 Å². The molecule has 0 aliphatic carbocycles. The van der Waals surface area contributed by atoms with Crippen LogP contribution in [0.1, 0.15) is 25.7 Å². The zero-order chi connectivity index (χ0) is 9.61. The molecule has 3 nitrogen and oxygen atoms in total. The Morgan fingerprint density at radius 2 is 1.83 bits per heavy atom. The lowest BCUT2D eigenvalue weighted by atomic mass is 10.2. The standard InChI is InChI=1S/C6H13Cl2O3P/c7-5-3-1-2-4-6(8)12(9,10)11/h6H,1-5H2,(H2,9,10,11). The van der Waals surface area contributed by atoms with Crippen LogP contribution in [0, 0.1) is 0 Å². The quantitative estimate of drug-likeness (QED) is 0.422. The first-order chi connectivity index (χ1) is 5.48. The molecule has 1 atom stereocenters. The van der Waals surface area contributed by atoms with Crippen LogP contribution < -0.4 is 0 Å². The van der Waals surface area contributed by atoms with Gasteiger partial charge in [0.05, 0.1) is 0 Å². The largest absolute Gasteiger partial charge is 0.343 e. The topological polar surface area (TPSA) is 57.5 Å². The highest BCUT2D eigenvalue weighted by molar-refractivity contribution is 7.54. The van der Waals surface area contributed by atoms with Gasteiger partial charge in [0.2, 0.25) is 0 Å². The molecule has 74 valence electrons. The molecule has 1 unspecified atom stereocenters. The van der Waals surface area contributed by atoms with E-state index in [1.165, 1.54) is 0 Å². The van der Waals surface area contributed by atoms with Gasteiger partial charge in [-0.2, -0.15) is 0 Å². The van der Waals surface area contributed by atoms with Crippen molar-refractivity contribution in [2.75, 3.05) is 5.88 Å². The molecular formula is C6H13Cl2O3P. The van der Waals surface area contributed by atoms with Crippen LogP contribution in [-0.4, -0.2) is 20.8 Å². The van der Waals surface area contributed by atoms with Crippen LogP contribution in [-0.2, 0) is 4.57 Å². The number of alkyl halides is 2. The highest BCUT2D eigenvalue weighted by Gasteiger charge is 2.25. The molecule has 0 radical (unpaired) electrons. The highest BCUT2D eigenvalue weighted by Crippen LogP contribution is 2.45. The first kappa shape index (κ1) is 12.7. The van der Waals surface area contributed by atoms with Gasteiger partial charge in [-0.25, -0.2) is 0 Å². The van der Waals surface area contributed by atoms with Crippen LogP contribution in [0.5, 0.6) is 0 Å². The smallest absolute Gasteiger partial charge is 0.323 e. The molecule has 0 spiro atoms. The maximum Gasteiger partial charge on any atom is 0.343 e. The second kappa shape index (κ2) is 6.22. The molecule has 0 aliphatic rings. The summed E-state index contributed by atoms with van der Waals surface area (Å²) in [6.07, 6.45) is 2.80. The monoisotopic (exact) mass is 234 g/mol. The average molecular weight is 235 g/mol. The van der Waals surface area contributed by atoms with E-state index in [1.54, 1.807) is 0 Å². The Balaban J connectivity index is 3.45. The van der Waals surface area contributed by atoms with E-state index in [0.717, 1.165) is 12.8 Å². The number of rotatable bonds is 6. The molecule has 0 saturated heterocycles. The predicted octanol–water partition coefficient (Wildman–Crippen LogP) is 2.53. The third-order valence-electron chi connectivity index (χ3n) is 1.44. The summed E-state index contributed by atoms with van der Waals surface area (Å²) in [6.45, 7) is 0. The summed E-state index contributed by atoms with van der Waals surface area (Å²) in [5, 5.41) is -1.03. The predicted molar refractivity (Wildman–Crippen MR) is 50.9 cm³/mol. The second-order valence-electron chi connectivity index (χ2n) is 2.56. The summed E-state index contributed by atoms with van der Waals surface area (Å²) >= 11 is 10.9. The van der Waals surface area contributed by atoms with Crippen molar-refractivity contribution in [3.8, 4) is 0 Å². The number of halogens is 2. The molecule has 0 aromatic carbocycles. The summed E-state index contributed by atoms with van der Waals surface area (Å²) in [5.41, 5.74) is 0. The average Bonchev–Trinajstić information content (AvgIpc) is 1.96. The van der Waals surface area contributed by atoms with Gasteiger partial charge in [-0.1, -0.05) is 12.8 Å². The van der Waals surface area contributed by atoms with Gasteiger partial charge in [0.25, 0.3) is 0 Å². The normalized spacial score (nSPS) is 14.7. The summed E-state index contributed by atoms with van der Waals surface area (Å²) in [7, 11) is -4.07. The molecule has 6 heteroatoms. The molecule has 0 amide bonds. The molecule has 0 aliphatic heterocycles. The van der Waals surface area contributed by atoms with Crippen LogP contribution in [0.15, 0.2) is 0 Å². The van der Waals surface area contributed by atoms with E-state index in [2.05, 4.69) is 0 Å². The van der Waals surface area contributed by atoms with Crippen LogP contribution in [0.4, 0.5) is 0 Å². The van der Waals surface area contributed by atoms with Crippen molar-refractivity contribution < 1.29 is 14.4 Å². The van der Waals surface area contributed by atoms with Crippen molar-refractivity contribution in [3.63, 3.8) is 0 Å². The maximum absolute atomic E-state index is 10.5. The van der Waals surface area contributed by atoms with Gasteiger partial charge in [0.15, 0.2) is 0 Å². The summed E-state index contributed by atoms with van der Waals surface area (Å²) in [5.74, 6) is 0.586. The molecule has 0 aromatic heterocycles. The van der Waals surface area contributed by atoms with Crippen LogP contribution in [0.3, 0.4) is 0 Å². The Hall–Kier alpha value is 0.730. The number of hydrogen-bond donors (Lipinski definition) is 2. The lowest BCUT2D eigenvalue weighted by Crippen LogP contribution is -1.99. The Labute approximate surface area is 82.2 Å². The molecule has 0 bridgehead atoms. The van der Waals surface area contributed by atoms with Gasteiger partial charge >= 0.3 is 7.60 Å².